The molecule has 0 aromatic carbocycles. The SMILES string of the molecule is CCCCCCCCCC/C=C\CCCCCCCCCCCCCCCCCCCCCCCCCCCCCC(=O)NC(COC1OC(CO)C(O)C(O)C1O)C(O)/C=C/CC/C=C/CCCCCCCCCCCCCCCC. The summed E-state index contributed by atoms with van der Waals surface area (Å²) in [5.74, 6) is -0.179. The molecule has 0 radical (unpaired) electrons. The predicted octanol–water partition coefficient (Wildman–Crippen LogP) is 19.8. The highest BCUT2D eigenvalue weighted by Crippen LogP contribution is 2.23. The molecule has 9 heteroatoms. The predicted molar refractivity (Wildman–Crippen MR) is 350 cm³/mol. The maximum atomic E-state index is 13.1. The van der Waals surface area contributed by atoms with E-state index in [2.05, 4.69) is 43.5 Å². The van der Waals surface area contributed by atoms with Gasteiger partial charge in [0.2, 0.25) is 5.91 Å². The Morgan fingerprint density at radius 2 is 0.695 bits per heavy atom. The molecular weight excluding hydrogens is 1020 g/mol. The van der Waals surface area contributed by atoms with Gasteiger partial charge in [-0.15, -0.1) is 0 Å². The first-order valence-corrected chi connectivity index (χ1v) is 36.2. The monoisotopic (exact) mass is 1160 g/mol. The summed E-state index contributed by atoms with van der Waals surface area (Å²) in [4.78, 5) is 13.1. The van der Waals surface area contributed by atoms with Crippen LogP contribution in [0.25, 0.3) is 0 Å². The molecule has 9 nitrogen and oxygen atoms in total. The third-order valence-corrected chi connectivity index (χ3v) is 17.4. The molecule has 1 heterocycles. The highest BCUT2D eigenvalue weighted by Gasteiger charge is 2.44. The van der Waals surface area contributed by atoms with Crippen LogP contribution in [0.4, 0.5) is 0 Å². The maximum absolute atomic E-state index is 13.1. The van der Waals surface area contributed by atoms with Crippen LogP contribution in [0, 0.1) is 0 Å². The van der Waals surface area contributed by atoms with Gasteiger partial charge in [-0.25, -0.2) is 0 Å². The summed E-state index contributed by atoms with van der Waals surface area (Å²) in [5, 5.41) is 54.7. The Morgan fingerprint density at radius 1 is 0.402 bits per heavy atom. The zero-order valence-corrected chi connectivity index (χ0v) is 54.3. The molecule has 1 fully saturated rings. The van der Waals surface area contributed by atoms with E-state index in [1.165, 1.54) is 308 Å². The van der Waals surface area contributed by atoms with Gasteiger partial charge in [0.1, 0.15) is 24.4 Å². The third kappa shape index (κ3) is 50.6. The molecule has 0 aliphatic carbocycles. The summed E-state index contributed by atoms with van der Waals surface area (Å²) < 4.78 is 11.3. The normalized spacial score (nSPS) is 18.5. The van der Waals surface area contributed by atoms with Crippen molar-refractivity contribution < 1.29 is 39.8 Å². The maximum Gasteiger partial charge on any atom is 0.220 e. The van der Waals surface area contributed by atoms with Gasteiger partial charge in [0.05, 0.1) is 25.4 Å². The fourth-order valence-electron chi connectivity index (χ4n) is 11.8. The van der Waals surface area contributed by atoms with Crippen LogP contribution < -0.4 is 5.32 Å². The molecule has 1 aliphatic heterocycles. The fraction of sp³-hybridized carbons (Fsp3) is 0.904. The molecule has 1 aliphatic rings. The van der Waals surface area contributed by atoms with Crippen LogP contribution in [-0.4, -0.2) is 87.5 Å². The first-order chi connectivity index (χ1) is 40.3. The van der Waals surface area contributed by atoms with Gasteiger partial charge >= 0.3 is 0 Å². The number of carbonyl (C=O) groups excluding carboxylic acids is 1. The molecule has 7 atom stereocenters. The van der Waals surface area contributed by atoms with E-state index < -0.39 is 49.5 Å². The van der Waals surface area contributed by atoms with Crippen LogP contribution in [0.3, 0.4) is 0 Å². The van der Waals surface area contributed by atoms with E-state index in [4.69, 9.17) is 9.47 Å². The number of hydrogen-bond donors (Lipinski definition) is 6. The molecule has 1 amide bonds. The summed E-state index contributed by atoms with van der Waals surface area (Å²) >= 11 is 0. The minimum Gasteiger partial charge on any atom is -0.394 e. The Hall–Kier alpha value is -1.59. The van der Waals surface area contributed by atoms with Gasteiger partial charge in [-0.2, -0.15) is 0 Å². The lowest BCUT2D eigenvalue weighted by molar-refractivity contribution is -0.302. The molecule has 0 bridgehead atoms. The zero-order valence-electron chi connectivity index (χ0n) is 54.3. The van der Waals surface area contributed by atoms with Gasteiger partial charge in [0.15, 0.2) is 6.29 Å². The third-order valence-electron chi connectivity index (χ3n) is 17.4. The van der Waals surface area contributed by atoms with Crippen molar-refractivity contribution >= 4 is 5.91 Å². The topological polar surface area (TPSA) is 149 Å². The molecule has 484 valence electrons. The van der Waals surface area contributed by atoms with Gasteiger partial charge in [-0.3, -0.25) is 4.79 Å². The van der Waals surface area contributed by atoms with Crippen molar-refractivity contribution in [2.75, 3.05) is 13.2 Å². The summed E-state index contributed by atoms with van der Waals surface area (Å²) in [6.45, 7) is 3.81. The van der Waals surface area contributed by atoms with Crippen molar-refractivity contribution in [3.8, 4) is 0 Å². The minimum absolute atomic E-state index is 0.179. The Labute approximate surface area is 508 Å². The zero-order chi connectivity index (χ0) is 59.3. The highest BCUT2D eigenvalue weighted by molar-refractivity contribution is 5.76. The molecule has 6 N–H and O–H groups in total. The quantitative estimate of drug-likeness (QED) is 0.0261. The van der Waals surface area contributed by atoms with Crippen LogP contribution >= 0.6 is 0 Å². The number of allylic oxidation sites excluding steroid dienone is 5. The standard InChI is InChI=1S/C73H139NO8/c1-3-5-7-9-11-13-15-17-19-21-23-25-26-27-28-29-30-31-32-33-34-35-36-37-38-39-40-41-42-43-45-47-49-51-53-55-57-59-61-63-69(77)74-66(65-81-73-72(80)71(79)70(78)68(64-75)82-73)67(76)62-60-58-56-54-52-50-48-46-44-24-22-20-18-16-14-12-10-8-6-4-2/h21,23,52,54,60,62,66-68,70-73,75-76,78-80H,3-20,22,24-51,53,55-59,61,63-65H2,1-2H3,(H,74,77)/b23-21-,54-52+,62-60+. The van der Waals surface area contributed by atoms with E-state index in [1.807, 2.05) is 6.08 Å². The van der Waals surface area contributed by atoms with Gasteiger partial charge in [0.25, 0.3) is 0 Å². The van der Waals surface area contributed by atoms with Crippen molar-refractivity contribution in [2.45, 2.75) is 410 Å². The summed E-state index contributed by atoms with van der Waals surface area (Å²) in [5.41, 5.74) is 0. The summed E-state index contributed by atoms with van der Waals surface area (Å²) in [6, 6.07) is -0.821. The molecule has 82 heavy (non-hydrogen) atoms. The number of amides is 1. The van der Waals surface area contributed by atoms with Gasteiger partial charge < -0.3 is 40.3 Å². The molecule has 0 spiro atoms. The van der Waals surface area contributed by atoms with Crippen LogP contribution in [0.5, 0.6) is 0 Å². The van der Waals surface area contributed by atoms with Crippen LogP contribution in [0.2, 0.25) is 0 Å². The Morgan fingerprint density at radius 3 is 1.02 bits per heavy atom. The molecular formula is C73H139NO8. The number of ether oxygens (including phenoxy) is 2. The summed E-state index contributed by atoms with van der Waals surface area (Å²) in [6.07, 6.45) is 77.1. The van der Waals surface area contributed by atoms with Gasteiger partial charge in [-0.1, -0.05) is 339 Å². The number of aliphatic hydroxyl groups excluding tert-OH is 5. The second kappa shape index (κ2) is 62.5. The average Bonchev–Trinajstić information content (AvgIpc) is 3.52. The van der Waals surface area contributed by atoms with Crippen molar-refractivity contribution in [2.24, 2.45) is 0 Å². The lowest BCUT2D eigenvalue weighted by atomic mass is 9.99. The van der Waals surface area contributed by atoms with Crippen LogP contribution in [-0.2, 0) is 14.3 Å². The average molecular weight is 1160 g/mol. The van der Waals surface area contributed by atoms with E-state index in [9.17, 15) is 30.3 Å². The largest absolute Gasteiger partial charge is 0.394 e. The second-order valence-corrected chi connectivity index (χ2v) is 25.4. The fourth-order valence-corrected chi connectivity index (χ4v) is 11.8. The van der Waals surface area contributed by atoms with Gasteiger partial charge in [-0.05, 0) is 57.8 Å². The van der Waals surface area contributed by atoms with Crippen molar-refractivity contribution in [3.63, 3.8) is 0 Å². The van der Waals surface area contributed by atoms with Crippen molar-refractivity contribution in [1.29, 1.82) is 0 Å². The van der Waals surface area contributed by atoms with E-state index >= 15 is 0 Å². The van der Waals surface area contributed by atoms with E-state index in [0.29, 0.717) is 6.42 Å². The number of hydrogen-bond acceptors (Lipinski definition) is 8. The highest BCUT2D eigenvalue weighted by atomic mass is 16.7. The Balaban J connectivity index is 2.06. The number of rotatable bonds is 64. The van der Waals surface area contributed by atoms with E-state index in [1.54, 1.807) is 6.08 Å². The number of nitrogens with one attached hydrogen (secondary N) is 1. The number of carbonyl (C=O) groups is 1. The van der Waals surface area contributed by atoms with Gasteiger partial charge in [0, 0.05) is 6.42 Å². The molecule has 0 aromatic rings. The molecule has 7 unspecified atom stereocenters. The Kier molecular flexibility index (Phi) is 59.7. The molecule has 0 saturated carbocycles. The van der Waals surface area contributed by atoms with Crippen molar-refractivity contribution in [1.82, 2.24) is 5.32 Å². The molecule has 1 rings (SSSR count). The van der Waals surface area contributed by atoms with E-state index in [0.717, 1.165) is 38.5 Å². The van der Waals surface area contributed by atoms with Crippen molar-refractivity contribution in [3.05, 3.63) is 36.5 Å². The first-order valence-electron chi connectivity index (χ1n) is 36.2. The lowest BCUT2D eigenvalue weighted by Gasteiger charge is -2.40. The minimum atomic E-state index is -1.57. The lowest BCUT2D eigenvalue weighted by Crippen LogP contribution is -2.60. The molecule has 1 saturated heterocycles. The number of unbranched alkanes of at least 4 members (excludes halogenated alkanes) is 50. The van der Waals surface area contributed by atoms with Crippen LogP contribution in [0.15, 0.2) is 36.5 Å². The Bertz CT molecular complexity index is 1390. The second-order valence-electron chi connectivity index (χ2n) is 25.4. The number of aliphatic hydroxyl groups is 5. The smallest absolute Gasteiger partial charge is 0.220 e. The van der Waals surface area contributed by atoms with E-state index in [-0.39, 0.29) is 12.5 Å². The van der Waals surface area contributed by atoms with Crippen LogP contribution in [0.1, 0.15) is 367 Å². The summed E-state index contributed by atoms with van der Waals surface area (Å²) in [7, 11) is 0. The first kappa shape index (κ1) is 78.4. The molecule has 0 aromatic heterocycles.